The summed E-state index contributed by atoms with van der Waals surface area (Å²) < 4.78 is 15.5. The second kappa shape index (κ2) is 8.18. The summed E-state index contributed by atoms with van der Waals surface area (Å²) in [6.07, 6.45) is 1.22. The van der Waals surface area contributed by atoms with E-state index in [-0.39, 0.29) is 5.69 Å². The van der Waals surface area contributed by atoms with E-state index in [0.717, 1.165) is 0 Å². The summed E-state index contributed by atoms with van der Waals surface area (Å²) in [5, 5.41) is 2.74. The van der Waals surface area contributed by atoms with E-state index < -0.39 is 11.9 Å². The molecule has 0 saturated heterocycles. The molecule has 0 radical (unpaired) electrons. The molecule has 1 N–H and O–H groups in total. The van der Waals surface area contributed by atoms with Crippen LogP contribution >= 0.6 is 0 Å². The van der Waals surface area contributed by atoms with Crippen molar-refractivity contribution in [1.82, 2.24) is 4.98 Å². The first-order chi connectivity index (χ1) is 13.1. The van der Waals surface area contributed by atoms with Gasteiger partial charge in [0, 0.05) is 11.3 Å². The second-order valence-electron chi connectivity index (χ2n) is 5.51. The number of carbonyl (C=O) groups excluding carboxylic acids is 2. The van der Waals surface area contributed by atoms with Gasteiger partial charge in [-0.15, -0.1) is 0 Å². The molecule has 0 spiro atoms. The van der Waals surface area contributed by atoms with Gasteiger partial charge in [0.05, 0.1) is 19.3 Å². The maximum absolute atomic E-state index is 12.6. The number of nitrogens with zero attached hydrogens (tertiary/aromatic N) is 1. The minimum atomic E-state index is -0.426. The third-order valence-corrected chi connectivity index (χ3v) is 3.77. The van der Waals surface area contributed by atoms with Crippen LogP contribution in [0.2, 0.25) is 0 Å². The Bertz CT molecular complexity index is 947. The Morgan fingerprint density at radius 3 is 2.63 bits per heavy atom. The van der Waals surface area contributed by atoms with Crippen LogP contribution in [-0.2, 0) is 4.74 Å². The molecule has 2 aromatic carbocycles. The Hall–Kier alpha value is -3.61. The molecule has 0 aliphatic heterocycles. The van der Waals surface area contributed by atoms with Crippen molar-refractivity contribution in [2.75, 3.05) is 19.0 Å². The van der Waals surface area contributed by atoms with E-state index in [4.69, 9.17) is 13.9 Å². The number of rotatable bonds is 6. The quantitative estimate of drug-likeness (QED) is 0.668. The van der Waals surface area contributed by atoms with Crippen LogP contribution in [-0.4, -0.2) is 30.6 Å². The molecular weight excluding hydrogens is 348 g/mol. The van der Waals surface area contributed by atoms with Gasteiger partial charge in [0.15, 0.2) is 17.8 Å². The fourth-order valence-corrected chi connectivity index (χ4v) is 2.47. The third kappa shape index (κ3) is 4.14. The van der Waals surface area contributed by atoms with Gasteiger partial charge in [-0.05, 0) is 43.3 Å². The van der Waals surface area contributed by atoms with E-state index in [1.54, 1.807) is 62.6 Å². The molecule has 0 aliphatic carbocycles. The minimum absolute atomic E-state index is 0.151. The Labute approximate surface area is 155 Å². The van der Waals surface area contributed by atoms with Crippen LogP contribution in [0.4, 0.5) is 5.69 Å². The van der Waals surface area contributed by atoms with Gasteiger partial charge in [-0.25, -0.2) is 9.78 Å². The molecule has 3 aromatic rings. The standard InChI is InChI=1S/C20H18N2O5/c1-3-26-20(24)13-7-9-15(10-8-13)22-19(23)17-18(27-12-21-17)14-5-4-6-16(11-14)25-2/h4-12H,3H2,1-2H3,(H,22,23). The Kier molecular flexibility index (Phi) is 5.51. The fraction of sp³-hybridized carbons (Fsp3) is 0.150. The zero-order valence-corrected chi connectivity index (χ0v) is 14.9. The van der Waals surface area contributed by atoms with Gasteiger partial charge in [0.2, 0.25) is 0 Å². The molecule has 1 aromatic heterocycles. The summed E-state index contributed by atoms with van der Waals surface area (Å²) in [6.45, 7) is 2.04. The van der Waals surface area contributed by atoms with Gasteiger partial charge >= 0.3 is 5.97 Å². The summed E-state index contributed by atoms with van der Waals surface area (Å²) in [4.78, 5) is 28.3. The minimum Gasteiger partial charge on any atom is -0.497 e. The molecule has 3 rings (SSSR count). The van der Waals surface area contributed by atoms with Crippen LogP contribution in [0.1, 0.15) is 27.8 Å². The smallest absolute Gasteiger partial charge is 0.338 e. The van der Waals surface area contributed by atoms with Gasteiger partial charge in [-0.2, -0.15) is 0 Å². The van der Waals surface area contributed by atoms with Crippen LogP contribution in [0.15, 0.2) is 59.3 Å². The fourth-order valence-electron chi connectivity index (χ4n) is 2.47. The first-order valence-corrected chi connectivity index (χ1v) is 8.28. The number of ether oxygens (including phenoxy) is 2. The number of carbonyl (C=O) groups is 2. The molecular formula is C20H18N2O5. The number of hydrogen-bond donors (Lipinski definition) is 1. The van der Waals surface area contributed by atoms with E-state index in [2.05, 4.69) is 10.3 Å². The molecule has 7 nitrogen and oxygen atoms in total. The Morgan fingerprint density at radius 1 is 1.15 bits per heavy atom. The lowest BCUT2D eigenvalue weighted by atomic mass is 10.1. The highest BCUT2D eigenvalue weighted by molar-refractivity contribution is 6.06. The van der Waals surface area contributed by atoms with Crippen LogP contribution < -0.4 is 10.1 Å². The van der Waals surface area contributed by atoms with E-state index in [1.807, 2.05) is 0 Å². The number of aromatic nitrogens is 1. The summed E-state index contributed by atoms with van der Waals surface area (Å²) in [5.41, 5.74) is 1.76. The highest BCUT2D eigenvalue weighted by Gasteiger charge is 2.19. The van der Waals surface area contributed by atoms with Gasteiger partial charge in [0.1, 0.15) is 5.75 Å². The molecule has 0 saturated carbocycles. The SMILES string of the molecule is CCOC(=O)c1ccc(NC(=O)c2ncoc2-c2cccc(OC)c2)cc1. The number of benzene rings is 2. The molecule has 0 aliphatic rings. The summed E-state index contributed by atoms with van der Waals surface area (Å²) in [6, 6.07) is 13.6. The van der Waals surface area contributed by atoms with Gasteiger partial charge in [0.25, 0.3) is 5.91 Å². The topological polar surface area (TPSA) is 90.7 Å². The number of anilines is 1. The monoisotopic (exact) mass is 366 g/mol. The van der Waals surface area contributed by atoms with Crippen molar-refractivity contribution >= 4 is 17.6 Å². The lowest BCUT2D eigenvalue weighted by Gasteiger charge is -2.07. The molecule has 0 bridgehead atoms. The predicted molar refractivity (Wildman–Crippen MR) is 98.8 cm³/mol. The number of hydrogen-bond acceptors (Lipinski definition) is 6. The lowest BCUT2D eigenvalue weighted by molar-refractivity contribution is 0.0526. The van der Waals surface area contributed by atoms with Crippen molar-refractivity contribution in [1.29, 1.82) is 0 Å². The highest BCUT2D eigenvalue weighted by atomic mass is 16.5. The Morgan fingerprint density at radius 2 is 1.93 bits per heavy atom. The highest BCUT2D eigenvalue weighted by Crippen LogP contribution is 2.27. The first-order valence-electron chi connectivity index (χ1n) is 8.28. The van der Waals surface area contributed by atoms with Gasteiger partial charge in [-0.3, -0.25) is 4.79 Å². The van der Waals surface area contributed by atoms with Crippen molar-refractivity contribution in [3.05, 3.63) is 66.2 Å². The van der Waals surface area contributed by atoms with Crippen molar-refractivity contribution in [3.63, 3.8) is 0 Å². The number of amides is 1. The van der Waals surface area contributed by atoms with Crippen LogP contribution in [0.25, 0.3) is 11.3 Å². The maximum Gasteiger partial charge on any atom is 0.338 e. The van der Waals surface area contributed by atoms with Crippen molar-refractivity contribution < 1.29 is 23.5 Å². The van der Waals surface area contributed by atoms with Crippen LogP contribution in [0.5, 0.6) is 5.75 Å². The average Bonchev–Trinajstić information content (AvgIpc) is 3.19. The molecule has 7 heteroatoms. The average molecular weight is 366 g/mol. The third-order valence-electron chi connectivity index (χ3n) is 3.77. The zero-order valence-electron chi connectivity index (χ0n) is 14.9. The summed E-state index contributed by atoms with van der Waals surface area (Å²) in [7, 11) is 1.56. The van der Waals surface area contributed by atoms with Crippen molar-refractivity contribution in [3.8, 4) is 17.1 Å². The second-order valence-corrected chi connectivity index (χ2v) is 5.51. The summed E-state index contributed by atoms with van der Waals surface area (Å²) >= 11 is 0. The molecule has 27 heavy (non-hydrogen) atoms. The van der Waals surface area contributed by atoms with E-state index in [1.165, 1.54) is 6.39 Å². The molecule has 138 valence electrons. The van der Waals surface area contributed by atoms with Gasteiger partial charge < -0.3 is 19.2 Å². The summed E-state index contributed by atoms with van der Waals surface area (Å²) in [5.74, 6) is 0.150. The predicted octanol–water partition coefficient (Wildman–Crippen LogP) is 3.78. The number of esters is 1. The molecule has 0 fully saturated rings. The van der Waals surface area contributed by atoms with E-state index in [0.29, 0.717) is 34.9 Å². The zero-order chi connectivity index (χ0) is 19.2. The van der Waals surface area contributed by atoms with Crippen LogP contribution in [0.3, 0.4) is 0 Å². The first kappa shape index (κ1) is 18.2. The number of oxazole rings is 1. The number of nitrogens with one attached hydrogen (secondary N) is 1. The molecule has 1 amide bonds. The van der Waals surface area contributed by atoms with E-state index in [9.17, 15) is 9.59 Å². The van der Waals surface area contributed by atoms with E-state index >= 15 is 0 Å². The Balaban J connectivity index is 1.77. The molecule has 1 heterocycles. The van der Waals surface area contributed by atoms with Crippen LogP contribution in [0, 0.1) is 0 Å². The van der Waals surface area contributed by atoms with Gasteiger partial charge in [-0.1, -0.05) is 12.1 Å². The molecule has 0 atom stereocenters. The molecule has 0 unspecified atom stereocenters. The largest absolute Gasteiger partial charge is 0.497 e. The normalized spacial score (nSPS) is 10.3. The van der Waals surface area contributed by atoms with Crippen molar-refractivity contribution in [2.24, 2.45) is 0 Å². The number of methoxy groups -OCH3 is 1. The lowest BCUT2D eigenvalue weighted by Crippen LogP contribution is -2.13. The van der Waals surface area contributed by atoms with Crippen molar-refractivity contribution in [2.45, 2.75) is 6.92 Å². The maximum atomic E-state index is 12.6.